The predicted molar refractivity (Wildman–Crippen MR) is 73.7 cm³/mol. The Bertz CT molecular complexity index is 544. The molecule has 1 aromatic carbocycles. The number of alkyl halides is 2. The van der Waals surface area contributed by atoms with Gasteiger partial charge in [-0.1, -0.05) is 6.07 Å². The third kappa shape index (κ3) is 4.75. The van der Waals surface area contributed by atoms with Gasteiger partial charge < -0.3 is 19.2 Å². The lowest BCUT2D eigenvalue weighted by atomic mass is 10.2. The van der Waals surface area contributed by atoms with Crippen LogP contribution in [-0.2, 0) is 13.0 Å². The second kappa shape index (κ2) is 7.64. The normalized spacial score (nSPS) is 10.9. The van der Waals surface area contributed by atoms with Gasteiger partial charge in [0.15, 0.2) is 11.5 Å². The van der Waals surface area contributed by atoms with Gasteiger partial charge in [-0.15, -0.1) is 0 Å². The third-order valence-corrected chi connectivity index (χ3v) is 2.90. The smallest absolute Gasteiger partial charge is 0.387 e. The SMILES string of the molecule is COc1ccc(CNCCc2ccco2)cc1OC(F)F. The van der Waals surface area contributed by atoms with Crippen molar-refractivity contribution in [2.45, 2.75) is 19.6 Å². The molecule has 0 unspecified atom stereocenters. The van der Waals surface area contributed by atoms with Crippen molar-refractivity contribution in [1.29, 1.82) is 0 Å². The highest BCUT2D eigenvalue weighted by atomic mass is 19.3. The molecule has 0 spiro atoms. The first kappa shape index (κ1) is 15.3. The van der Waals surface area contributed by atoms with Gasteiger partial charge in [-0.05, 0) is 29.8 Å². The molecule has 4 nitrogen and oxygen atoms in total. The molecular formula is C15H17F2NO3. The van der Waals surface area contributed by atoms with Crippen LogP contribution in [0.5, 0.6) is 11.5 Å². The molecule has 0 fully saturated rings. The van der Waals surface area contributed by atoms with Crippen LogP contribution >= 0.6 is 0 Å². The van der Waals surface area contributed by atoms with Crippen LogP contribution in [0, 0.1) is 0 Å². The van der Waals surface area contributed by atoms with E-state index < -0.39 is 6.61 Å². The number of methoxy groups -OCH3 is 1. The number of hydrogen-bond donors (Lipinski definition) is 1. The zero-order chi connectivity index (χ0) is 15.1. The van der Waals surface area contributed by atoms with Crippen molar-refractivity contribution in [3.8, 4) is 11.5 Å². The molecule has 0 saturated heterocycles. The van der Waals surface area contributed by atoms with E-state index in [1.54, 1.807) is 24.5 Å². The molecule has 6 heteroatoms. The van der Waals surface area contributed by atoms with Crippen molar-refractivity contribution in [1.82, 2.24) is 5.32 Å². The Morgan fingerprint density at radius 3 is 2.76 bits per heavy atom. The van der Waals surface area contributed by atoms with Gasteiger partial charge in [0.1, 0.15) is 5.76 Å². The number of ether oxygens (including phenoxy) is 2. The van der Waals surface area contributed by atoms with Gasteiger partial charge >= 0.3 is 6.61 Å². The molecule has 1 aromatic heterocycles. The van der Waals surface area contributed by atoms with Crippen molar-refractivity contribution in [2.24, 2.45) is 0 Å². The molecule has 0 aliphatic rings. The Labute approximate surface area is 121 Å². The maximum absolute atomic E-state index is 12.3. The Hall–Kier alpha value is -2.08. The fraction of sp³-hybridized carbons (Fsp3) is 0.333. The van der Waals surface area contributed by atoms with E-state index in [0.29, 0.717) is 6.54 Å². The molecule has 0 saturated carbocycles. The van der Waals surface area contributed by atoms with E-state index in [4.69, 9.17) is 9.15 Å². The molecule has 0 bridgehead atoms. The molecular weight excluding hydrogens is 280 g/mol. The van der Waals surface area contributed by atoms with Crippen molar-refractivity contribution >= 4 is 0 Å². The van der Waals surface area contributed by atoms with Crippen LogP contribution in [-0.4, -0.2) is 20.3 Å². The van der Waals surface area contributed by atoms with E-state index in [2.05, 4.69) is 10.1 Å². The first-order valence-electron chi connectivity index (χ1n) is 6.54. The van der Waals surface area contributed by atoms with E-state index in [-0.39, 0.29) is 11.5 Å². The standard InChI is InChI=1S/C15H17F2NO3/c1-19-13-5-4-11(9-14(13)21-15(16)17)10-18-7-6-12-3-2-8-20-12/h2-5,8-9,15,18H,6-7,10H2,1H3. The summed E-state index contributed by atoms with van der Waals surface area (Å²) in [6, 6.07) is 8.71. The molecule has 2 aromatic rings. The zero-order valence-electron chi connectivity index (χ0n) is 11.6. The Balaban J connectivity index is 1.87. The first-order valence-corrected chi connectivity index (χ1v) is 6.54. The Kier molecular flexibility index (Phi) is 5.57. The number of hydrogen-bond acceptors (Lipinski definition) is 4. The minimum absolute atomic E-state index is 0.0397. The molecule has 21 heavy (non-hydrogen) atoms. The molecule has 0 radical (unpaired) electrons. The molecule has 0 amide bonds. The van der Waals surface area contributed by atoms with Crippen molar-refractivity contribution < 1.29 is 22.7 Å². The number of benzene rings is 1. The lowest BCUT2D eigenvalue weighted by molar-refractivity contribution is -0.0512. The van der Waals surface area contributed by atoms with Gasteiger partial charge in [0, 0.05) is 19.5 Å². The summed E-state index contributed by atoms with van der Waals surface area (Å²) in [5.41, 5.74) is 0.839. The highest BCUT2D eigenvalue weighted by Gasteiger charge is 2.11. The van der Waals surface area contributed by atoms with E-state index >= 15 is 0 Å². The van der Waals surface area contributed by atoms with Gasteiger partial charge in [0.05, 0.1) is 13.4 Å². The van der Waals surface area contributed by atoms with Gasteiger partial charge in [0.25, 0.3) is 0 Å². The topological polar surface area (TPSA) is 43.6 Å². The van der Waals surface area contributed by atoms with Crippen LogP contribution in [0.25, 0.3) is 0 Å². The molecule has 0 aliphatic carbocycles. The summed E-state index contributed by atoms with van der Waals surface area (Å²) in [6.07, 6.45) is 2.40. The molecule has 1 N–H and O–H groups in total. The molecule has 1 heterocycles. The van der Waals surface area contributed by atoms with Crippen molar-refractivity contribution in [3.63, 3.8) is 0 Å². The fourth-order valence-corrected chi connectivity index (χ4v) is 1.92. The van der Waals surface area contributed by atoms with E-state index in [1.807, 2.05) is 12.1 Å². The summed E-state index contributed by atoms with van der Waals surface area (Å²) >= 11 is 0. The second-order valence-corrected chi connectivity index (χ2v) is 4.37. The zero-order valence-corrected chi connectivity index (χ0v) is 11.6. The van der Waals surface area contributed by atoms with E-state index in [0.717, 1.165) is 24.3 Å². The first-order chi connectivity index (χ1) is 10.2. The number of rotatable bonds is 8. The van der Waals surface area contributed by atoms with Crippen molar-refractivity contribution in [2.75, 3.05) is 13.7 Å². The number of nitrogens with one attached hydrogen (secondary N) is 1. The Morgan fingerprint density at radius 2 is 2.10 bits per heavy atom. The third-order valence-electron chi connectivity index (χ3n) is 2.90. The maximum Gasteiger partial charge on any atom is 0.387 e. The average molecular weight is 297 g/mol. The monoisotopic (exact) mass is 297 g/mol. The Morgan fingerprint density at radius 1 is 1.24 bits per heavy atom. The maximum atomic E-state index is 12.3. The van der Waals surface area contributed by atoms with Crippen LogP contribution in [0.2, 0.25) is 0 Å². The van der Waals surface area contributed by atoms with Crippen LogP contribution < -0.4 is 14.8 Å². The fourth-order valence-electron chi connectivity index (χ4n) is 1.92. The molecule has 0 atom stereocenters. The number of halogens is 2. The van der Waals surface area contributed by atoms with E-state index in [9.17, 15) is 8.78 Å². The van der Waals surface area contributed by atoms with E-state index in [1.165, 1.54) is 7.11 Å². The predicted octanol–water partition coefficient (Wildman–Crippen LogP) is 3.22. The lowest BCUT2D eigenvalue weighted by Gasteiger charge is -2.12. The largest absolute Gasteiger partial charge is 0.493 e. The van der Waals surface area contributed by atoms with Gasteiger partial charge in [-0.2, -0.15) is 8.78 Å². The molecule has 2 rings (SSSR count). The minimum atomic E-state index is -2.87. The lowest BCUT2D eigenvalue weighted by Crippen LogP contribution is -2.16. The summed E-state index contributed by atoms with van der Waals surface area (Å²) in [6.45, 7) is -1.60. The quantitative estimate of drug-likeness (QED) is 0.760. The molecule has 114 valence electrons. The minimum Gasteiger partial charge on any atom is -0.493 e. The van der Waals surface area contributed by atoms with Gasteiger partial charge in [-0.3, -0.25) is 0 Å². The summed E-state index contributed by atoms with van der Waals surface area (Å²) in [4.78, 5) is 0. The summed E-state index contributed by atoms with van der Waals surface area (Å²) in [5.74, 6) is 1.23. The van der Waals surface area contributed by atoms with Crippen LogP contribution in [0.1, 0.15) is 11.3 Å². The second-order valence-electron chi connectivity index (χ2n) is 4.37. The highest BCUT2D eigenvalue weighted by molar-refractivity contribution is 5.42. The summed E-state index contributed by atoms with van der Waals surface area (Å²) in [5, 5.41) is 3.21. The summed E-state index contributed by atoms with van der Waals surface area (Å²) in [7, 11) is 1.41. The molecule has 0 aliphatic heterocycles. The van der Waals surface area contributed by atoms with Gasteiger partial charge in [-0.25, -0.2) is 0 Å². The van der Waals surface area contributed by atoms with Crippen LogP contribution in [0.15, 0.2) is 41.0 Å². The number of furan rings is 1. The summed E-state index contributed by atoms with van der Waals surface area (Å²) < 4.78 is 39.3. The highest BCUT2D eigenvalue weighted by Crippen LogP contribution is 2.29. The average Bonchev–Trinajstić information content (AvgIpc) is 2.96. The van der Waals surface area contributed by atoms with Crippen molar-refractivity contribution in [3.05, 3.63) is 47.9 Å². The van der Waals surface area contributed by atoms with Crippen LogP contribution in [0.3, 0.4) is 0 Å². The van der Waals surface area contributed by atoms with Crippen LogP contribution in [0.4, 0.5) is 8.78 Å². The van der Waals surface area contributed by atoms with Gasteiger partial charge in [0.2, 0.25) is 0 Å².